The lowest BCUT2D eigenvalue weighted by atomic mass is 10.3. The molecule has 0 spiro atoms. The molecule has 2 rings (SSSR count). The molecule has 1 N–H and O–H groups in total. The fourth-order valence-corrected chi connectivity index (χ4v) is 1.08. The molecule has 15 heavy (non-hydrogen) atoms. The van der Waals surface area contributed by atoms with Crippen molar-refractivity contribution in [1.82, 2.24) is 15.1 Å². The van der Waals surface area contributed by atoms with Crippen LogP contribution in [0.4, 0.5) is 0 Å². The minimum atomic E-state index is -1.22. The molecule has 6 heteroatoms. The standard InChI is InChI=1S/C9H7N3O3/c1-5-3-2-4-6(10-5)8-11-7(9(13)14)12-15-8/h2-4H,1H3,(H,13,14). The molecule has 0 radical (unpaired) electrons. The Morgan fingerprint density at radius 2 is 2.20 bits per heavy atom. The highest BCUT2D eigenvalue weighted by atomic mass is 16.5. The highest BCUT2D eigenvalue weighted by Crippen LogP contribution is 2.14. The van der Waals surface area contributed by atoms with E-state index in [-0.39, 0.29) is 11.7 Å². The first-order chi connectivity index (χ1) is 7.16. The van der Waals surface area contributed by atoms with E-state index in [1.165, 1.54) is 0 Å². The number of carboxylic acids is 1. The van der Waals surface area contributed by atoms with Crippen molar-refractivity contribution in [1.29, 1.82) is 0 Å². The predicted molar refractivity (Wildman–Crippen MR) is 49.2 cm³/mol. The molecule has 0 unspecified atom stereocenters. The molecule has 0 fully saturated rings. The zero-order chi connectivity index (χ0) is 10.8. The first kappa shape index (κ1) is 9.32. The summed E-state index contributed by atoms with van der Waals surface area (Å²) in [5.74, 6) is -1.48. The smallest absolute Gasteiger partial charge is 0.377 e. The maximum Gasteiger partial charge on any atom is 0.377 e. The summed E-state index contributed by atoms with van der Waals surface area (Å²) in [5.41, 5.74) is 1.26. The van der Waals surface area contributed by atoms with Gasteiger partial charge in [-0.2, -0.15) is 4.98 Å². The van der Waals surface area contributed by atoms with E-state index in [9.17, 15) is 4.79 Å². The molecule has 2 heterocycles. The third-order valence-electron chi connectivity index (χ3n) is 1.72. The van der Waals surface area contributed by atoms with Gasteiger partial charge < -0.3 is 9.63 Å². The van der Waals surface area contributed by atoms with Gasteiger partial charge in [0.15, 0.2) is 0 Å². The summed E-state index contributed by atoms with van der Waals surface area (Å²) in [6, 6.07) is 5.27. The van der Waals surface area contributed by atoms with Crippen molar-refractivity contribution in [2.45, 2.75) is 6.92 Å². The molecule has 6 nitrogen and oxygen atoms in total. The molecular formula is C9H7N3O3. The lowest BCUT2D eigenvalue weighted by molar-refractivity contribution is 0.0680. The maximum absolute atomic E-state index is 10.5. The zero-order valence-corrected chi connectivity index (χ0v) is 7.84. The van der Waals surface area contributed by atoms with Gasteiger partial charge in [0, 0.05) is 5.69 Å². The Labute approximate surface area is 84.6 Å². The summed E-state index contributed by atoms with van der Waals surface area (Å²) < 4.78 is 4.76. The summed E-state index contributed by atoms with van der Waals surface area (Å²) in [7, 11) is 0. The molecule has 0 aliphatic carbocycles. The van der Waals surface area contributed by atoms with Gasteiger partial charge >= 0.3 is 5.97 Å². The van der Waals surface area contributed by atoms with E-state index in [0.29, 0.717) is 5.69 Å². The number of aromatic nitrogens is 3. The summed E-state index contributed by atoms with van der Waals surface area (Å²) >= 11 is 0. The molecule has 0 aromatic carbocycles. The van der Waals surface area contributed by atoms with Crippen LogP contribution in [0.25, 0.3) is 11.6 Å². The van der Waals surface area contributed by atoms with Gasteiger partial charge in [-0.1, -0.05) is 6.07 Å². The van der Waals surface area contributed by atoms with E-state index < -0.39 is 5.97 Å². The van der Waals surface area contributed by atoms with Crippen LogP contribution < -0.4 is 0 Å². The monoisotopic (exact) mass is 205 g/mol. The molecule has 2 aromatic rings. The molecule has 2 aromatic heterocycles. The quantitative estimate of drug-likeness (QED) is 0.790. The lowest BCUT2D eigenvalue weighted by Gasteiger charge is -1.93. The van der Waals surface area contributed by atoms with E-state index in [0.717, 1.165) is 5.69 Å². The second-order valence-corrected chi connectivity index (χ2v) is 2.89. The van der Waals surface area contributed by atoms with Crippen molar-refractivity contribution in [2.75, 3.05) is 0 Å². The predicted octanol–water partition coefficient (Wildman–Crippen LogP) is 1.14. The van der Waals surface area contributed by atoms with Gasteiger partial charge in [-0.3, -0.25) is 0 Å². The van der Waals surface area contributed by atoms with Gasteiger partial charge in [-0.25, -0.2) is 9.78 Å². The van der Waals surface area contributed by atoms with Gasteiger partial charge in [0.25, 0.3) is 11.7 Å². The summed E-state index contributed by atoms with van der Waals surface area (Å²) in [6.45, 7) is 1.82. The summed E-state index contributed by atoms with van der Waals surface area (Å²) in [5, 5.41) is 11.9. The van der Waals surface area contributed by atoms with Crippen LogP contribution in [0.3, 0.4) is 0 Å². The number of hydrogen-bond acceptors (Lipinski definition) is 5. The fourth-order valence-electron chi connectivity index (χ4n) is 1.08. The Morgan fingerprint density at radius 1 is 1.40 bits per heavy atom. The number of aromatic carboxylic acids is 1. The van der Waals surface area contributed by atoms with E-state index in [4.69, 9.17) is 9.63 Å². The van der Waals surface area contributed by atoms with Crippen molar-refractivity contribution in [3.8, 4) is 11.6 Å². The molecule has 76 valence electrons. The largest absolute Gasteiger partial charge is 0.475 e. The minimum Gasteiger partial charge on any atom is -0.475 e. The van der Waals surface area contributed by atoms with E-state index in [2.05, 4.69) is 15.1 Å². The van der Waals surface area contributed by atoms with Crippen molar-refractivity contribution in [2.24, 2.45) is 0 Å². The number of carboxylic acid groups (broad SMARTS) is 1. The first-order valence-electron chi connectivity index (χ1n) is 4.18. The van der Waals surface area contributed by atoms with Crippen LogP contribution in [0.1, 0.15) is 16.3 Å². The van der Waals surface area contributed by atoms with Crippen molar-refractivity contribution < 1.29 is 14.4 Å². The maximum atomic E-state index is 10.5. The highest BCUT2D eigenvalue weighted by molar-refractivity contribution is 5.83. The Bertz CT molecular complexity index is 507. The topological polar surface area (TPSA) is 89.1 Å². The van der Waals surface area contributed by atoms with Gasteiger partial charge in [-0.05, 0) is 24.2 Å². The Balaban J connectivity index is 2.41. The molecule has 0 bridgehead atoms. The van der Waals surface area contributed by atoms with Gasteiger partial charge in [0.1, 0.15) is 5.69 Å². The average Bonchev–Trinajstić information content (AvgIpc) is 2.66. The Morgan fingerprint density at radius 3 is 2.80 bits per heavy atom. The Hall–Kier alpha value is -2.24. The van der Waals surface area contributed by atoms with Crippen LogP contribution in [-0.4, -0.2) is 26.2 Å². The average molecular weight is 205 g/mol. The van der Waals surface area contributed by atoms with Crippen molar-refractivity contribution in [3.05, 3.63) is 29.7 Å². The normalized spacial score (nSPS) is 10.2. The SMILES string of the molecule is Cc1cccc(-c2nc(C(=O)O)no2)n1. The number of nitrogens with zero attached hydrogens (tertiary/aromatic N) is 3. The van der Waals surface area contributed by atoms with Crippen LogP contribution in [0.5, 0.6) is 0 Å². The zero-order valence-electron chi connectivity index (χ0n) is 7.84. The highest BCUT2D eigenvalue weighted by Gasteiger charge is 2.14. The second-order valence-electron chi connectivity index (χ2n) is 2.89. The van der Waals surface area contributed by atoms with Crippen LogP contribution in [0.15, 0.2) is 22.7 Å². The molecular weight excluding hydrogens is 198 g/mol. The fraction of sp³-hybridized carbons (Fsp3) is 0.111. The number of carbonyl (C=O) groups is 1. The minimum absolute atomic E-state index is 0.108. The van der Waals surface area contributed by atoms with Gasteiger partial charge in [0.2, 0.25) is 0 Å². The lowest BCUT2D eigenvalue weighted by Crippen LogP contribution is -1.98. The molecule has 0 atom stereocenters. The van der Waals surface area contributed by atoms with Crippen LogP contribution in [0, 0.1) is 6.92 Å². The van der Waals surface area contributed by atoms with E-state index in [1.54, 1.807) is 12.1 Å². The number of pyridine rings is 1. The third-order valence-corrected chi connectivity index (χ3v) is 1.72. The van der Waals surface area contributed by atoms with Gasteiger partial charge in [-0.15, -0.1) is 0 Å². The molecule has 0 amide bonds. The molecule has 0 saturated heterocycles. The Kier molecular flexibility index (Phi) is 2.17. The second kappa shape index (κ2) is 3.49. The van der Waals surface area contributed by atoms with Crippen LogP contribution >= 0.6 is 0 Å². The molecule has 0 saturated carbocycles. The van der Waals surface area contributed by atoms with Crippen LogP contribution in [-0.2, 0) is 0 Å². The van der Waals surface area contributed by atoms with E-state index >= 15 is 0 Å². The van der Waals surface area contributed by atoms with Gasteiger partial charge in [0.05, 0.1) is 0 Å². The van der Waals surface area contributed by atoms with Crippen molar-refractivity contribution in [3.63, 3.8) is 0 Å². The first-order valence-corrected chi connectivity index (χ1v) is 4.18. The molecule has 0 aliphatic heterocycles. The third kappa shape index (κ3) is 1.83. The summed E-state index contributed by atoms with van der Waals surface area (Å²) in [6.07, 6.45) is 0. The van der Waals surface area contributed by atoms with E-state index in [1.807, 2.05) is 13.0 Å². The number of rotatable bonds is 2. The van der Waals surface area contributed by atoms with Crippen LogP contribution in [0.2, 0.25) is 0 Å². The summed E-state index contributed by atoms with van der Waals surface area (Å²) in [4.78, 5) is 18.3. The van der Waals surface area contributed by atoms with Crippen molar-refractivity contribution >= 4 is 5.97 Å². The number of hydrogen-bond donors (Lipinski definition) is 1. The molecule has 0 aliphatic rings. The number of aryl methyl sites for hydroxylation is 1.